The third-order valence-corrected chi connectivity index (χ3v) is 4.17. The molecule has 6 nitrogen and oxygen atoms in total. The quantitative estimate of drug-likeness (QED) is 0.876. The molecular weight excluding hydrogens is 326 g/mol. The summed E-state index contributed by atoms with van der Waals surface area (Å²) in [6, 6.07) is 0. The first kappa shape index (κ1) is 14.9. The lowest BCUT2D eigenvalue weighted by Gasteiger charge is -2.14. The molecular formula is C13H16BrN3O3. The molecule has 0 aliphatic heterocycles. The van der Waals surface area contributed by atoms with Gasteiger partial charge in [0.25, 0.3) is 0 Å². The van der Waals surface area contributed by atoms with Crippen LogP contribution in [0.2, 0.25) is 0 Å². The normalized spacial score (nSPS) is 25.4. The Morgan fingerprint density at radius 1 is 1.35 bits per heavy atom. The van der Waals surface area contributed by atoms with Crippen LogP contribution < -0.4 is 5.32 Å². The molecule has 1 heterocycles. The van der Waals surface area contributed by atoms with E-state index < -0.39 is 17.8 Å². The molecule has 1 amide bonds. The van der Waals surface area contributed by atoms with Gasteiger partial charge in [-0.3, -0.25) is 9.59 Å². The first-order chi connectivity index (χ1) is 9.51. The maximum absolute atomic E-state index is 12.2. The topological polar surface area (TPSA) is 92.2 Å². The average Bonchev–Trinajstić information content (AvgIpc) is 2.86. The second-order valence-corrected chi connectivity index (χ2v) is 5.82. The van der Waals surface area contributed by atoms with E-state index in [0.717, 1.165) is 6.42 Å². The van der Waals surface area contributed by atoms with Gasteiger partial charge in [0.05, 0.1) is 24.2 Å². The van der Waals surface area contributed by atoms with Gasteiger partial charge in [0.2, 0.25) is 5.91 Å². The van der Waals surface area contributed by atoms with Crippen molar-refractivity contribution in [3.05, 3.63) is 17.0 Å². The maximum Gasteiger partial charge on any atom is 0.307 e. The largest absolute Gasteiger partial charge is 0.481 e. The molecule has 1 fully saturated rings. The van der Waals surface area contributed by atoms with Gasteiger partial charge in [0.15, 0.2) is 5.82 Å². The molecule has 2 rings (SSSR count). The SMILES string of the molecule is CCC1CC(C(=O)O)C(C(=O)Nc2cnc(Br)cn2)C1. The molecule has 1 aromatic heterocycles. The van der Waals surface area contributed by atoms with Crippen LogP contribution in [0.4, 0.5) is 5.82 Å². The van der Waals surface area contributed by atoms with Gasteiger partial charge < -0.3 is 10.4 Å². The fourth-order valence-corrected chi connectivity index (χ4v) is 2.84. The summed E-state index contributed by atoms with van der Waals surface area (Å²) in [7, 11) is 0. The number of hydrogen-bond donors (Lipinski definition) is 2. The molecule has 0 radical (unpaired) electrons. The minimum absolute atomic E-state index is 0.287. The average molecular weight is 342 g/mol. The summed E-state index contributed by atoms with van der Waals surface area (Å²) in [6.07, 6.45) is 4.99. The lowest BCUT2D eigenvalue weighted by molar-refractivity contribution is -0.145. The fourth-order valence-electron chi connectivity index (χ4n) is 2.63. The van der Waals surface area contributed by atoms with Gasteiger partial charge in [-0.2, -0.15) is 0 Å². The van der Waals surface area contributed by atoms with E-state index in [4.69, 9.17) is 0 Å². The Morgan fingerprint density at radius 3 is 2.60 bits per heavy atom. The summed E-state index contributed by atoms with van der Waals surface area (Å²) in [6.45, 7) is 2.02. The molecule has 1 saturated carbocycles. The van der Waals surface area contributed by atoms with Crippen molar-refractivity contribution in [3.63, 3.8) is 0 Å². The number of carboxylic acid groups (broad SMARTS) is 1. The van der Waals surface area contributed by atoms with Crippen molar-refractivity contribution in [2.75, 3.05) is 5.32 Å². The molecule has 3 unspecified atom stereocenters. The summed E-state index contributed by atoms with van der Waals surface area (Å²) in [5.41, 5.74) is 0. The number of aromatic nitrogens is 2. The molecule has 108 valence electrons. The highest BCUT2D eigenvalue weighted by molar-refractivity contribution is 9.10. The summed E-state index contributed by atoms with van der Waals surface area (Å²) in [5.74, 6) is -1.66. The van der Waals surface area contributed by atoms with Crippen molar-refractivity contribution in [1.29, 1.82) is 0 Å². The van der Waals surface area contributed by atoms with Crippen molar-refractivity contribution in [2.24, 2.45) is 17.8 Å². The summed E-state index contributed by atoms with van der Waals surface area (Å²) in [5, 5.41) is 11.9. The van der Waals surface area contributed by atoms with Gasteiger partial charge in [-0.1, -0.05) is 13.3 Å². The number of nitrogens with zero attached hydrogens (tertiary/aromatic N) is 2. The van der Waals surface area contributed by atoms with E-state index >= 15 is 0 Å². The van der Waals surface area contributed by atoms with Crippen LogP contribution in [-0.4, -0.2) is 27.0 Å². The van der Waals surface area contributed by atoms with Gasteiger partial charge in [-0.05, 0) is 34.7 Å². The zero-order valence-corrected chi connectivity index (χ0v) is 12.6. The maximum atomic E-state index is 12.2. The van der Waals surface area contributed by atoms with E-state index in [-0.39, 0.29) is 5.91 Å². The standard InChI is InChI=1S/C13H16BrN3O3/c1-2-7-3-8(9(4-7)13(19)20)12(18)17-11-6-15-10(14)5-16-11/h5-9H,2-4H2,1H3,(H,19,20)(H,16,17,18). The van der Waals surface area contributed by atoms with E-state index in [2.05, 4.69) is 31.2 Å². The number of carboxylic acids is 1. The number of carbonyl (C=O) groups excluding carboxylic acids is 1. The second-order valence-electron chi connectivity index (χ2n) is 5.01. The van der Waals surface area contributed by atoms with Gasteiger partial charge in [-0.25, -0.2) is 9.97 Å². The number of rotatable bonds is 4. The first-order valence-electron chi connectivity index (χ1n) is 6.52. The molecule has 1 aromatic rings. The first-order valence-corrected chi connectivity index (χ1v) is 7.31. The molecule has 1 aliphatic rings. The number of hydrogen-bond acceptors (Lipinski definition) is 4. The van der Waals surface area contributed by atoms with E-state index in [1.54, 1.807) is 0 Å². The van der Waals surface area contributed by atoms with Crippen LogP contribution in [0.5, 0.6) is 0 Å². The van der Waals surface area contributed by atoms with Crippen molar-refractivity contribution in [1.82, 2.24) is 9.97 Å². The highest BCUT2D eigenvalue weighted by Gasteiger charge is 2.42. The Kier molecular flexibility index (Phi) is 4.69. The van der Waals surface area contributed by atoms with Gasteiger partial charge in [0, 0.05) is 0 Å². The monoisotopic (exact) mass is 341 g/mol. The fraction of sp³-hybridized carbons (Fsp3) is 0.538. The molecule has 1 aliphatic carbocycles. The lowest BCUT2D eigenvalue weighted by Crippen LogP contribution is -2.30. The molecule has 20 heavy (non-hydrogen) atoms. The van der Waals surface area contributed by atoms with Crippen LogP contribution in [-0.2, 0) is 9.59 Å². The molecule has 3 atom stereocenters. The molecule has 0 aromatic carbocycles. The van der Waals surface area contributed by atoms with Crippen LogP contribution in [0, 0.1) is 17.8 Å². The Bertz CT molecular complexity index is 506. The van der Waals surface area contributed by atoms with Crippen molar-refractivity contribution in [3.8, 4) is 0 Å². The van der Waals surface area contributed by atoms with E-state index in [0.29, 0.717) is 29.2 Å². The van der Waals surface area contributed by atoms with Crippen LogP contribution in [0.3, 0.4) is 0 Å². The Labute approximate surface area is 125 Å². The Morgan fingerprint density at radius 2 is 2.05 bits per heavy atom. The minimum atomic E-state index is -0.900. The molecule has 7 heteroatoms. The molecule has 2 N–H and O–H groups in total. The smallest absolute Gasteiger partial charge is 0.307 e. The van der Waals surface area contributed by atoms with Crippen molar-refractivity contribution in [2.45, 2.75) is 26.2 Å². The van der Waals surface area contributed by atoms with Gasteiger partial charge in [0.1, 0.15) is 4.60 Å². The molecule has 0 saturated heterocycles. The molecule has 0 bridgehead atoms. The second kappa shape index (κ2) is 6.30. The number of aliphatic carboxylic acids is 1. The number of halogens is 1. The predicted molar refractivity (Wildman–Crippen MR) is 76.0 cm³/mol. The van der Waals surface area contributed by atoms with E-state index in [1.807, 2.05) is 6.92 Å². The van der Waals surface area contributed by atoms with Crippen LogP contribution in [0.25, 0.3) is 0 Å². The zero-order valence-electron chi connectivity index (χ0n) is 11.0. The minimum Gasteiger partial charge on any atom is -0.481 e. The van der Waals surface area contributed by atoms with Gasteiger partial charge >= 0.3 is 5.97 Å². The van der Waals surface area contributed by atoms with Crippen molar-refractivity contribution >= 4 is 33.6 Å². The highest BCUT2D eigenvalue weighted by Crippen LogP contribution is 2.38. The highest BCUT2D eigenvalue weighted by atomic mass is 79.9. The number of anilines is 1. The predicted octanol–water partition coefficient (Wildman–Crippen LogP) is 2.31. The van der Waals surface area contributed by atoms with Crippen molar-refractivity contribution < 1.29 is 14.7 Å². The number of carbonyl (C=O) groups is 2. The van der Waals surface area contributed by atoms with E-state index in [9.17, 15) is 14.7 Å². The van der Waals surface area contributed by atoms with Crippen LogP contribution >= 0.6 is 15.9 Å². The summed E-state index contributed by atoms with van der Waals surface area (Å²) >= 11 is 3.16. The Balaban J connectivity index is 2.07. The third kappa shape index (κ3) is 3.33. The van der Waals surface area contributed by atoms with Crippen LogP contribution in [0.15, 0.2) is 17.0 Å². The van der Waals surface area contributed by atoms with Gasteiger partial charge in [-0.15, -0.1) is 0 Å². The number of amides is 1. The third-order valence-electron chi connectivity index (χ3n) is 3.76. The molecule has 0 spiro atoms. The zero-order chi connectivity index (χ0) is 14.7. The lowest BCUT2D eigenvalue weighted by atomic mass is 9.95. The Hall–Kier alpha value is -1.50. The van der Waals surface area contributed by atoms with E-state index in [1.165, 1.54) is 12.4 Å². The summed E-state index contributed by atoms with van der Waals surface area (Å²) < 4.78 is 0.575. The van der Waals surface area contributed by atoms with Crippen LogP contribution in [0.1, 0.15) is 26.2 Å². The number of nitrogens with one attached hydrogen (secondary N) is 1. The summed E-state index contributed by atoms with van der Waals surface area (Å²) in [4.78, 5) is 31.5.